The number of β-lactam (4-membered cyclic amide) rings is 1. The minimum absolute atomic E-state index is 0.217. The monoisotopic (exact) mass is 155 g/mol. The minimum atomic E-state index is 0.217. The van der Waals surface area contributed by atoms with E-state index in [0.717, 1.165) is 6.42 Å². The second-order valence-corrected chi connectivity index (χ2v) is 4.37. The maximum absolute atomic E-state index is 11.0. The molecule has 1 amide bonds. The molecule has 0 radical (unpaired) electrons. The Labute approximate surface area is 68.4 Å². The second-order valence-electron chi connectivity index (χ2n) is 4.37. The summed E-state index contributed by atoms with van der Waals surface area (Å²) < 4.78 is 0. The van der Waals surface area contributed by atoms with Crippen molar-refractivity contribution in [2.24, 2.45) is 11.3 Å². The number of nitrogens with one attached hydrogen (secondary N) is 1. The summed E-state index contributed by atoms with van der Waals surface area (Å²) in [5, 5.41) is 2.94. The third-order valence-electron chi connectivity index (χ3n) is 2.41. The molecular formula is C9H17NO. The Morgan fingerprint density at radius 3 is 2.18 bits per heavy atom. The number of hydrogen-bond donors (Lipinski definition) is 1. The molecule has 0 unspecified atom stereocenters. The third-order valence-corrected chi connectivity index (χ3v) is 2.41. The molecule has 0 aliphatic carbocycles. The predicted molar refractivity (Wildman–Crippen MR) is 45.2 cm³/mol. The van der Waals surface area contributed by atoms with E-state index in [1.165, 1.54) is 0 Å². The van der Waals surface area contributed by atoms with Gasteiger partial charge in [-0.2, -0.15) is 0 Å². The molecule has 1 aliphatic rings. The van der Waals surface area contributed by atoms with Gasteiger partial charge in [-0.15, -0.1) is 0 Å². The van der Waals surface area contributed by atoms with Gasteiger partial charge in [0.15, 0.2) is 0 Å². The van der Waals surface area contributed by atoms with E-state index in [0.29, 0.717) is 6.04 Å². The summed E-state index contributed by atoms with van der Waals surface area (Å²) in [6.45, 7) is 8.57. The van der Waals surface area contributed by atoms with Gasteiger partial charge in [-0.1, -0.05) is 27.7 Å². The summed E-state index contributed by atoms with van der Waals surface area (Å²) in [5.41, 5.74) is 0.217. The first-order valence-corrected chi connectivity index (χ1v) is 4.27. The van der Waals surface area contributed by atoms with Gasteiger partial charge < -0.3 is 5.32 Å². The molecule has 1 N–H and O–H groups in total. The van der Waals surface area contributed by atoms with Crippen LogP contribution in [0.4, 0.5) is 0 Å². The number of rotatable bonds is 1. The Hall–Kier alpha value is -0.530. The molecule has 11 heavy (non-hydrogen) atoms. The lowest BCUT2D eigenvalue weighted by Gasteiger charge is -2.44. The van der Waals surface area contributed by atoms with Crippen LogP contribution in [0, 0.1) is 11.3 Å². The lowest BCUT2D eigenvalue weighted by atomic mass is 9.72. The first-order chi connectivity index (χ1) is 4.96. The molecule has 0 aromatic heterocycles. The second kappa shape index (κ2) is 2.50. The van der Waals surface area contributed by atoms with E-state index in [-0.39, 0.29) is 17.2 Å². The SMILES string of the molecule is CC[C@@H]1C(=O)N[C@@H]1C(C)(C)C. The maximum Gasteiger partial charge on any atom is 0.225 e. The predicted octanol–water partition coefficient (Wildman–Crippen LogP) is 1.56. The molecule has 0 spiro atoms. The molecule has 1 heterocycles. The number of amides is 1. The van der Waals surface area contributed by atoms with Crippen molar-refractivity contribution in [1.82, 2.24) is 5.32 Å². The van der Waals surface area contributed by atoms with Crippen LogP contribution in [0.2, 0.25) is 0 Å². The van der Waals surface area contributed by atoms with Crippen molar-refractivity contribution in [1.29, 1.82) is 0 Å². The van der Waals surface area contributed by atoms with E-state index < -0.39 is 0 Å². The van der Waals surface area contributed by atoms with Gasteiger partial charge in [0.25, 0.3) is 0 Å². The molecule has 1 aliphatic heterocycles. The van der Waals surface area contributed by atoms with Crippen LogP contribution in [0.25, 0.3) is 0 Å². The van der Waals surface area contributed by atoms with Gasteiger partial charge in [-0.3, -0.25) is 4.79 Å². The van der Waals surface area contributed by atoms with Gasteiger partial charge >= 0.3 is 0 Å². The van der Waals surface area contributed by atoms with Crippen molar-refractivity contribution in [2.75, 3.05) is 0 Å². The van der Waals surface area contributed by atoms with Crippen molar-refractivity contribution in [3.63, 3.8) is 0 Å². The highest BCUT2D eigenvalue weighted by molar-refractivity contribution is 5.86. The Morgan fingerprint density at radius 1 is 1.45 bits per heavy atom. The van der Waals surface area contributed by atoms with Crippen LogP contribution in [0.5, 0.6) is 0 Å². The normalized spacial score (nSPS) is 31.1. The zero-order valence-corrected chi connectivity index (χ0v) is 7.77. The standard InChI is InChI=1S/C9H17NO/c1-5-6-7(9(2,3)4)10-8(6)11/h6-7H,5H2,1-4H3,(H,10,11)/t6-,7-/m0/s1. The molecule has 2 atom stereocenters. The van der Waals surface area contributed by atoms with E-state index in [9.17, 15) is 4.79 Å². The third kappa shape index (κ3) is 1.39. The molecule has 0 aromatic carbocycles. The van der Waals surface area contributed by atoms with Crippen LogP contribution in [0.1, 0.15) is 34.1 Å². The fourth-order valence-electron chi connectivity index (χ4n) is 1.66. The molecule has 1 fully saturated rings. The molecule has 2 heteroatoms. The van der Waals surface area contributed by atoms with E-state index in [2.05, 4.69) is 33.0 Å². The fraction of sp³-hybridized carbons (Fsp3) is 0.889. The van der Waals surface area contributed by atoms with Gasteiger partial charge in [0.1, 0.15) is 0 Å². The van der Waals surface area contributed by atoms with Crippen molar-refractivity contribution in [3.8, 4) is 0 Å². The highest BCUT2D eigenvalue weighted by atomic mass is 16.2. The summed E-state index contributed by atoms with van der Waals surface area (Å²) in [5.74, 6) is 0.488. The van der Waals surface area contributed by atoms with Crippen LogP contribution in [-0.4, -0.2) is 11.9 Å². The van der Waals surface area contributed by atoms with Gasteiger partial charge in [0.05, 0.1) is 5.92 Å². The fourth-order valence-corrected chi connectivity index (χ4v) is 1.66. The van der Waals surface area contributed by atoms with Gasteiger partial charge in [-0.05, 0) is 11.8 Å². The van der Waals surface area contributed by atoms with E-state index in [1.54, 1.807) is 0 Å². The quantitative estimate of drug-likeness (QED) is 0.572. The average molecular weight is 155 g/mol. The van der Waals surface area contributed by atoms with E-state index in [4.69, 9.17) is 0 Å². The Balaban J connectivity index is 2.58. The average Bonchev–Trinajstić information content (AvgIpc) is 1.81. The van der Waals surface area contributed by atoms with Crippen molar-refractivity contribution < 1.29 is 4.79 Å². The number of carbonyl (C=O) groups excluding carboxylic acids is 1. The van der Waals surface area contributed by atoms with E-state index >= 15 is 0 Å². The van der Waals surface area contributed by atoms with Crippen LogP contribution in [0.3, 0.4) is 0 Å². The van der Waals surface area contributed by atoms with E-state index in [1.807, 2.05) is 0 Å². The summed E-state index contributed by atoms with van der Waals surface area (Å²) in [4.78, 5) is 11.0. The molecule has 0 aromatic rings. The molecule has 1 saturated heterocycles. The van der Waals surface area contributed by atoms with Gasteiger partial charge in [0.2, 0.25) is 5.91 Å². The minimum Gasteiger partial charge on any atom is -0.352 e. The molecule has 0 saturated carbocycles. The highest BCUT2D eigenvalue weighted by Crippen LogP contribution is 2.32. The lowest BCUT2D eigenvalue weighted by molar-refractivity contribution is -0.138. The summed E-state index contributed by atoms with van der Waals surface area (Å²) in [7, 11) is 0. The molecule has 0 bridgehead atoms. The van der Waals surface area contributed by atoms with Crippen LogP contribution < -0.4 is 5.32 Å². The molecule has 1 rings (SSSR count). The first-order valence-electron chi connectivity index (χ1n) is 4.27. The Kier molecular flexibility index (Phi) is 1.95. The molecular weight excluding hydrogens is 138 g/mol. The molecule has 2 nitrogen and oxygen atoms in total. The summed E-state index contributed by atoms with van der Waals surface area (Å²) in [6, 6.07) is 0.389. The zero-order valence-electron chi connectivity index (χ0n) is 7.77. The topological polar surface area (TPSA) is 29.1 Å². The lowest BCUT2D eigenvalue weighted by Crippen LogP contribution is -2.63. The smallest absolute Gasteiger partial charge is 0.225 e. The van der Waals surface area contributed by atoms with Crippen molar-refractivity contribution in [3.05, 3.63) is 0 Å². The van der Waals surface area contributed by atoms with Gasteiger partial charge in [0, 0.05) is 6.04 Å². The number of carbonyl (C=O) groups is 1. The summed E-state index contributed by atoms with van der Waals surface area (Å²) in [6.07, 6.45) is 0.966. The maximum atomic E-state index is 11.0. The Bertz CT molecular complexity index is 169. The molecule has 64 valence electrons. The zero-order chi connectivity index (χ0) is 8.65. The first kappa shape index (κ1) is 8.57. The highest BCUT2D eigenvalue weighted by Gasteiger charge is 2.44. The van der Waals surface area contributed by atoms with Crippen LogP contribution in [0.15, 0.2) is 0 Å². The van der Waals surface area contributed by atoms with Crippen molar-refractivity contribution in [2.45, 2.75) is 40.2 Å². The number of hydrogen-bond acceptors (Lipinski definition) is 1. The van der Waals surface area contributed by atoms with Gasteiger partial charge in [-0.25, -0.2) is 0 Å². The van der Waals surface area contributed by atoms with Crippen molar-refractivity contribution >= 4 is 5.91 Å². The summed E-state index contributed by atoms with van der Waals surface area (Å²) >= 11 is 0. The van der Waals surface area contributed by atoms with Crippen LogP contribution in [-0.2, 0) is 4.79 Å². The Morgan fingerprint density at radius 2 is 2.00 bits per heavy atom. The largest absolute Gasteiger partial charge is 0.352 e. The van der Waals surface area contributed by atoms with Crippen LogP contribution >= 0.6 is 0 Å².